The molecular formula is C14H23N5O. The van der Waals surface area contributed by atoms with Gasteiger partial charge in [-0.25, -0.2) is 4.98 Å². The van der Waals surface area contributed by atoms with Crippen molar-refractivity contribution in [3.63, 3.8) is 0 Å². The molecule has 1 aliphatic rings. The summed E-state index contributed by atoms with van der Waals surface area (Å²) in [4.78, 5) is 22.8. The predicted octanol–water partition coefficient (Wildman–Crippen LogP) is 1.12. The third-order valence-corrected chi connectivity index (χ3v) is 3.63. The fraction of sp³-hybridized carbons (Fsp3) is 0.643. The molecule has 0 spiro atoms. The van der Waals surface area contributed by atoms with Crippen molar-refractivity contribution in [3.05, 3.63) is 18.1 Å². The van der Waals surface area contributed by atoms with Gasteiger partial charge in [-0.3, -0.25) is 14.7 Å². The van der Waals surface area contributed by atoms with Crippen LogP contribution in [0.1, 0.15) is 37.2 Å². The average Bonchev–Trinajstić information content (AvgIpc) is 2.93. The van der Waals surface area contributed by atoms with Gasteiger partial charge in [0, 0.05) is 19.1 Å². The molecule has 1 aromatic rings. The summed E-state index contributed by atoms with van der Waals surface area (Å²) in [6.07, 6.45) is 5.49. The molecule has 0 bridgehead atoms. The van der Waals surface area contributed by atoms with Crippen molar-refractivity contribution < 1.29 is 4.79 Å². The Balaban J connectivity index is 1.89. The first-order chi connectivity index (χ1) is 9.74. The summed E-state index contributed by atoms with van der Waals surface area (Å²) in [5.41, 5.74) is 0.365. The fourth-order valence-corrected chi connectivity index (χ4v) is 2.59. The molecule has 0 aliphatic carbocycles. The van der Waals surface area contributed by atoms with Crippen LogP contribution in [0.25, 0.3) is 0 Å². The van der Waals surface area contributed by atoms with Gasteiger partial charge in [-0.05, 0) is 32.9 Å². The van der Waals surface area contributed by atoms with Crippen LogP contribution in [0.5, 0.6) is 0 Å². The number of likely N-dealkylation sites (N-methyl/N-ethyl adjacent to an activating group) is 1. The first-order valence-corrected chi connectivity index (χ1v) is 7.32. The second-order valence-corrected chi connectivity index (χ2v) is 4.95. The van der Waals surface area contributed by atoms with E-state index >= 15 is 0 Å². The zero-order chi connectivity index (χ0) is 14.4. The summed E-state index contributed by atoms with van der Waals surface area (Å²) in [5, 5.41) is 6.02. The van der Waals surface area contributed by atoms with Crippen molar-refractivity contribution in [2.24, 2.45) is 0 Å². The maximum absolute atomic E-state index is 12.1. The van der Waals surface area contributed by atoms with E-state index < -0.39 is 0 Å². The number of rotatable bonds is 6. The lowest BCUT2D eigenvalue weighted by molar-refractivity contribution is 0.0936. The third-order valence-electron chi connectivity index (χ3n) is 3.63. The van der Waals surface area contributed by atoms with E-state index in [-0.39, 0.29) is 5.91 Å². The fourth-order valence-electron chi connectivity index (χ4n) is 2.59. The first kappa shape index (κ1) is 14.7. The molecule has 0 saturated carbocycles. The molecule has 1 aliphatic heterocycles. The molecule has 1 fully saturated rings. The second-order valence-electron chi connectivity index (χ2n) is 4.95. The summed E-state index contributed by atoms with van der Waals surface area (Å²) >= 11 is 0. The summed E-state index contributed by atoms with van der Waals surface area (Å²) in [6.45, 7) is 7.75. The minimum absolute atomic E-state index is 0.153. The number of carbonyl (C=O) groups is 1. The van der Waals surface area contributed by atoms with Gasteiger partial charge in [0.25, 0.3) is 5.91 Å². The lowest BCUT2D eigenvalue weighted by Crippen LogP contribution is -2.40. The van der Waals surface area contributed by atoms with Gasteiger partial charge < -0.3 is 10.6 Å². The lowest BCUT2D eigenvalue weighted by Gasteiger charge is -2.22. The Kier molecular flexibility index (Phi) is 5.29. The molecule has 20 heavy (non-hydrogen) atoms. The monoisotopic (exact) mass is 277 g/mol. The Bertz CT molecular complexity index is 451. The van der Waals surface area contributed by atoms with E-state index in [1.54, 1.807) is 6.20 Å². The van der Waals surface area contributed by atoms with E-state index in [0.29, 0.717) is 24.1 Å². The van der Waals surface area contributed by atoms with Crippen molar-refractivity contribution in [2.45, 2.75) is 32.7 Å². The number of anilines is 1. The molecule has 110 valence electrons. The Morgan fingerprint density at radius 3 is 3.05 bits per heavy atom. The molecule has 6 nitrogen and oxygen atoms in total. The van der Waals surface area contributed by atoms with Crippen LogP contribution in [0, 0.1) is 0 Å². The van der Waals surface area contributed by atoms with Gasteiger partial charge in [0.05, 0.1) is 12.4 Å². The summed E-state index contributed by atoms with van der Waals surface area (Å²) in [7, 11) is 0. The number of aromatic nitrogens is 2. The Morgan fingerprint density at radius 1 is 1.45 bits per heavy atom. The van der Waals surface area contributed by atoms with Crippen LogP contribution in [-0.2, 0) is 0 Å². The van der Waals surface area contributed by atoms with Crippen LogP contribution in [0.2, 0.25) is 0 Å². The number of hydrogen-bond acceptors (Lipinski definition) is 5. The average molecular weight is 277 g/mol. The molecule has 0 aromatic carbocycles. The summed E-state index contributed by atoms with van der Waals surface area (Å²) in [5.74, 6) is 0.483. The minimum atomic E-state index is -0.153. The minimum Gasteiger partial charge on any atom is -0.369 e. The number of nitrogens with zero attached hydrogens (tertiary/aromatic N) is 3. The molecule has 1 amide bonds. The molecular weight excluding hydrogens is 254 g/mol. The first-order valence-electron chi connectivity index (χ1n) is 7.32. The quantitative estimate of drug-likeness (QED) is 0.815. The number of carbonyl (C=O) groups excluding carboxylic acids is 1. The highest BCUT2D eigenvalue weighted by Gasteiger charge is 2.23. The van der Waals surface area contributed by atoms with Crippen LogP contribution >= 0.6 is 0 Å². The molecule has 0 radical (unpaired) electrons. The van der Waals surface area contributed by atoms with Crippen molar-refractivity contribution in [1.82, 2.24) is 20.2 Å². The van der Waals surface area contributed by atoms with E-state index in [9.17, 15) is 4.79 Å². The number of nitrogens with one attached hydrogen (secondary N) is 2. The van der Waals surface area contributed by atoms with Gasteiger partial charge in [0.2, 0.25) is 0 Å². The summed E-state index contributed by atoms with van der Waals surface area (Å²) in [6, 6.07) is 0.453. The van der Waals surface area contributed by atoms with Gasteiger partial charge in [-0.2, -0.15) is 0 Å². The van der Waals surface area contributed by atoms with Gasteiger partial charge >= 0.3 is 0 Å². The number of hydrogen-bond donors (Lipinski definition) is 2. The maximum atomic E-state index is 12.1. The van der Waals surface area contributed by atoms with Crippen LogP contribution in [0.15, 0.2) is 12.4 Å². The molecule has 1 aromatic heterocycles. The molecule has 2 heterocycles. The van der Waals surface area contributed by atoms with Gasteiger partial charge in [0.1, 0.15) is 11.5 Å². The van der Waals surface area contributed by atoms with E-state index in [1.165, 1.54) is 12.6 Å². The van der Waals surface area contributed by atoms with Gasteiger partial charge in [0.15, 0.2) is 0 Å². The lowest BCUT2D eigenvalue weighted by atomic mass is 10.2. The Hall–Kier alpha value is -1.69. The van der Waals surface area contributed by atoms with E-state index in [4.69, 9.17) is 0 Å². The normalized spacial score (nSPS) is 19.0. The van der Waals surface area contributed by atoms with E-state index in [2.05, 4.69) is 32.4 Å². The van der Waals surface area contributed by atoms with Gasteiger partial charge in [-0.15, -0.1) is 0 Å². The SMILES string of the molecule is CCNc1cncc(C(=O)NCC2CCCN2CC)n1. The highest BCUT2D eigenvalue weighted by molar-refractivity contribution is 5.92. The topological polar surface area (TPSA) is 70.2 Å². The largest absolute Gasteiger partial charge is 0.369 e. The van der Waals surface area contributed by atoms with Gasteiger partial charge in [-0.1, -0.05) is 6.92 Å². The summed E-state index contributed by atoms with van der Waals surface area (Å²) < 4.78 is 0. The van der Waals surface area contributed by atoms with Crippen molar-refractivity contribution in [3.8, 4) is 0 Å². The standard InChI is InChI=1S/C14H23N5O/c1-3-16-13-10-15-9-12(18-13)14(20)17-8-11-6-5-7-19(11)4-2/h9-11H,3-8H2,1-2H3,(H,16,18)(H,17,20). The van der Waals surface area contributed by atoms with Crippen molar-refractivity contribution >= 4 is 11.7 Å². The van der Waals surface area contributed by atoms with E-state index in [1.807, 2.05) is 6.92 Å². The molecule has 1 saturated heterocycles. The van der Waals surface area contributed by atoms with Crippen molar-refractivity contribution in [1.29, 1.82) is 0 Å². The molecule has 6 heteroatoms. The Morgan fingerprint density at radius 2 is 2.30 bits per heavy atom. The smallest absolute Gasteiger partial charge is 0.271 e. The second kappa shape index (κ2) is 7.19. The van der Waals surface area contributed by atoms with Crippen LogP contribution < -0.4 is 10.6 Å². The zero-order valence-corrected chi connectivity index (χ0v) is 12.2. The van der Waals surface area contributed by atoms with E-state index in [0.717, 1.165) is 26.1 Å². The van der Waals surface area contributed by atoms with Crippen molar-refractivity contribution in [2.75, 3.05) is 31.5 Å². The van der Waals surface area contributed by atoms with Crippen LogP contribution in [-0.4, -0.2) is 53.0 Å². The Labute approximate surface area is 120 Å². The molecule has 2 rings (SSSR count). The highest BCUT2D eigenvalue weighted by Crippen LogP contribution is 2.15. The van der Waals surface area contributed by atoms with Crippen LogP contribution in [0.3, 0.4) is 0 Å². The highest BCUT2D eigenvalue weighted by atomic mass is 16.1. The molecule has 2 N–H and O–H groups in total. The number of likely N-dealkylation sites (tertiary alicyclic amines) is 1. The predicted molar refractivity (Wildman–Crippen MR) is 78.8 cm³/mol. The molecule has 1 unspecified atom stereocenters. The molecule has 1 atom stereocenters. The number of amides is 1. The van der Waals surface area contributed by atoms with Crippen LogP contribution in [0.4, 0.5) is 5.82 Å². The maximum Gasteiger partial charge on any atom is 0.271 e. The third kappa shape index (κ3) is 3.66. The zero-order valence-electron chi connectivity index (χ0n) is 12.2.